The van der Waals surface area contributed by atoms with Crippen molar-refractivity contribution in [1.82, 2.24) is 14.9 Å². The van der Waals surface area contributed by atoms with E-state index in [1.807, 2.05) is 13.0 Å². The number of rotatable bonds is 1. The van der Waals surface area contributed by atoms with E-state index in [1.165, 1.54) is 0 Å². The maximum Gasteiger partial charge on any atom is 0.222 e. The molecule has 0 aliphatic carbocycles. The molecule has 0 spiro atoms. The first-order valence-electron chi connectivity index (χ1n) is 5.62. The third-order valence-electron chi connectivity index (χ3n) is 3.14. The molecule has 1 atom stereocenters. The second-order valence-electron chi connectivity index (χ2n) is 4.50. The minimum absolute atomic E-state index is 0.363. The molecule has 1 fully saturated rings. The van der Waals surface area contributed by atoms with Crippen molar-refractivity contribution >= 4 is 11.8 Å². The first-order valence-corrected chi connectivity index (χ1v) is 5.62. The molecule has 2 N–H and O–H groups in total. The van der Waals surface area contributed by atoms with Gasteiger partial charge in [-0.2, -0.15) is 4.98 Å². The fourth-order valence-corrected chi connectivity index (χ4v) is 1.99. The van der Waals surface area contributed by atoms with Gasteiger partial charge < -0.3 is 15.5 Å². The lowest BCUT2D eigenvalue weighted by molar-refractivity contribution is 0.233. The third-order valence-corrected chi connectivity index (χ3v) is 3.14. The lowest BCUT2D eigenvalue weighted by atomic mass is 10.2. The van der Waals surface area contributed by atoms with Crippen molar-refractivity contribution in [2.24, 2.45) is 0 Å². The van der Waals surface area contributed by atoms with Gasteiger partial charge in [-0.05, 0) is 20.9 Å². The number of nitrogen functional groups attached to an aromatic ring is 1. The van der Waals surface area contributed by atoms with Crippen LogP contribution in [0.4, 0.5) is 11.8 Å². The van der Waals surface area contributed by atoms with E-state index in [9.17, 15) is 0 Å². The fraction of sp³-hybridized carbons (Fsp3) is 0.636. The summed E-state index contributed by atoms with van der Waals surface area (Å²) in [5, 5.41) is 0. The van der Waals surface area contributed by atoms with Crippen LogP contribution in [0.1, 0.15) is 12.6 Å². The van der Waals surface area contributed by atoms with E-state index in [2.05, 4.69) is 33.7 Å². The topological polar surface area (TPSA) is 58.3 Å². The fourth-order valence-electron chi connectivity index (χ4n) is 1.99. The second kappa shape index (κ2) is 4.25. The van der Waals surface area contributed by atoms with Crippen molar-refractivity contribution in [3.63, 3.8) is 0 Å². The lowest BCUT2D eigenvalue weighted by Crippen LogP contribution is -2.50. The molecule has 1 aliphatic rings. The van der Waals surface area contributed by atoms with E-state index >= 15 is 0 Å². The van der Waals surface area contributed by atoms with Crippen LogP contribution in [0.2, 0.25) is 0 Å². The van der Waals surface area contributed by atoms with Crippen molar-refractivity contribution in [2.45, 2.75) is 19.9 Å². The summed E-state index contributed by atoms with van der Waals surface area (Å²) in [7, 11) is 2.15. The third kappa shape index (κ3) is 2.24. The maximum absolute atomic E-state index is 5.67. The Morgan fingerprint density at radius 1 is 1.38 bits per heavy atom. The van der Waals surface area contributed by atoms with Crippen LogP contribution in [0.25, 0.3) is 0 Å². The van der Waals surface area contributed by atoms with Crippen LogP contribution in [0, 0.1) is 6.92 Å². The molecular formula is C11H19N5. The Morgan fingerprint density at radius 3 is 2.75 bits per heavy atom. The predicted molar refractivity (Wildman–Crippen MR) is 65.5 cm³/mol. The molecular weight excluding hydrogens is 202 g/mol. The zero-order valence-electron chi connectivity index (χ0n) is 10.1. The van der Waals surface area contributed by atoms with E-state index < -0.39 is 0 Å². The van der Waals surface area contributed by atoms with E-state index in [-0.39, 0.29) is 0 Å². The molecule has 2 rings (SSSR count). The smallest absolute Gasteiger partial charge is 0.222 e. The van der Waals surface area contributed by atoms with Crippen LogP contribution in [0.3, 0.4) is 0 Å². The van der Waals surface area contributed by atoms with Crippen molar-refractivity contribution in [3.8, 4) is 0 Å². The van der Waals surface area contributed by atoms with Crippen LogP contribution in [0.5, 0.6) is 0 Å². The molecule has 0 aromatic carbocycles. The van der Waals surface area contributed by atoms with Crippen LogP contribution < -0.4 is 10.6 Å². The Morgan fingerprint density at radius 2 is 2.12 bits per heavy atom. The number of anilines is 2. The lowest BCUT2D eigenvalue weighted by Gasteiger charge is -2.38. The van der Waals surface area contributed by atoms with E-state index in [1.54, 1.807) is 0 Å². The van der Waals surface area contributed by atoms with Gasteiger partial charge in [-0.3, -0.25) is 0 Å². The molecule has 0 saturated carbocycles. The normalized spacial score (nSPS) is 22.4. The van der Waals surface area contributed by atoms with Gasteiger partial charge >= 0.3 is 0 Å². The Bertz CT molecular complexity index is 358. The van der Waals surface area contributed by atoms with Gasteiger partial charge in [-0.25, -0.2) is 4.98 Å². The summed E-state index contributed by atoms with van der Waals surface area (Å²) in [6.07, 6.45) is 0. The average molecular weight is 221 g/mol. The quantitative estimate of drug-likeness (QED) is 0.748. The molecule has 1 aromatic rings. The van der Waals surface area contributed by atoms with Gasteiger partial charge in [0, 0.05) is 37.4 Å². The molecule has 5 nitrogen and oxygen atoms in total. The Kier molecular flexibility index (Phi) is 2.96. The first kappa shape index (κ1) is 11.1. The standard InChI is InChI=1S/C11H19N5/c1-8-6-10(14-11(12)13-8)16-5-4-15(3)9(2)7-16/h6,9H,4-5,7H2,1-3H3,(H2,12,13,14). The molecule has 1 unspecified atom stereocenters. The maximum atomic E-state index is 5.67. The number of nitrogens with zero attached hydrogens (tertiary/aromatic N) is 4. The number of likely N-dealkylation sites (N-methyl/N-ethyl adjacent to an activating group) is 1. The Balaban J connectivity index is 2.18. The Labute approximate surface area is 96.3 Å². The molecule has 1 aromatic heterocycles. The van der Waals surface area contributed by atoms with Gasteiger partial charge in [0.2, 0.25) is 5.95 Å². The zero-order chi connectivity index (χ0) is 11.7. The molecule has 2 heterocycles. The van der Waals surface area contributed by atoms with Crippen molar-refractivity contribution in [3.05, 3.63) is 11.8 Å². The molecule has 5 heteroatoms. The van der Waals surface area contributed by atoms with Gasteiger partial charge in [0.1, 0.15) is 5.82 Å². The highest BCUT2D eigenvalue weighted by Gasteiger charge is 2.21. The second-order valence-corrected chi connectivity index (χ2v) is 4.50. The predicted octanol–water partition coefficient (Wildman–Crippen LogP) is 0.508. The Hall–Kier alpha value is -1.36. The summed E-state index contributed by atoms with van der Waals surface area (Å²) in [6.45, 7) is 7.22. The highest BCUT2D eigenvalue weighted by Crippen LogP contribution is 2.17. The van der Waals surface area contributed by atoms with E-state index in [0.717, 1.165) is 31.1 Å². The van der Waals surface area contributed by atoms with Crippen LogP contribution in [0.15, 0.2) is 6.07 Å². The SMILES string of the molecule is Cc1cc(N2CCN(C)C(C)C2)nc(N)n1. The van der Waals surface area contributed by atoms with Gasteiger partial charge in [0.15, 0.2) is 0 Å². The first-order chi connectivity index (χ1) is 7.56. The van der Waals surface area contributed by atoms with Crippen LogP contribution in [-0.4, -0.2) is 47.6 Å². The minimum atomic E-state index is 0.363. The van der Waals surface area contributed by atoms with Gasteiger partial charge in [0.25, 0.3) is 0 Å². The summed E-state index contributed by atoms with van der Waals surface area (Å²) in [4.78, 5) is 13.0. The largest absolute Gasteiger partial charge is 0.368 e. The summed E-state index contributed by atoms with van der Waals surface area (Å²) >= 11 is 0. The molecule has 0 radical (unpaired) electrons. The van der Waals surface area contributed by atoms with Gasteiger partial charge in [-0.1, -0.05) is 0 Å². The average Bonchev–Trinajstić information content (AvgIpc) is 2.20. The number of hydrogen-bond donors (Lipinski definition) is 1. The van der Waals surface area contributed by atoms with Crippen LogP contribution >= 0.6 is 0 Å². The zero-order valence-corrected chi connectivity index (χ0v) is 10.1. The monoisotopic (exact) mass is 221 g/mol. The molecule has 88 valence electrons. The number of hydrogen-bond acceptors (Lipinski definition) is 5. The van der Waals surface area contributed by atoms with Gasteiger partial charge in [-0.15, -0.1) is 0 Å². The molecule has 0 amide bonds. The summed E-state index contributed by atoms with van der Waals surface area (Å²) in [5.74, 6) is 1.31. The molecule has 1 saturated heterocycles. The van der Waals surface area contributed by atoms with Crippen LogP contribution in [-0.2, 0) is 0 Å². The van der Waals surface area contributed by atoms with Gasteiger partial charge in [0.05, 0.1) is 0 Å². The number of nitrogens with two attached hydrogens (primary N) is 1. The van der Waals surface area contributed by atoms with E-state index in [4.69, 9.17) is 5.73 Å². The summed E-state index contributed by atoms with van der Waals surface area (Å²) < 4.78 is 0. The molecule has 1 aliphatic heterocycles. The number of aryl methyl sites for hydroxylation is 1. The molecule has 16 heavy (non-hydrogen) atoms. The summed E-state index contributed by atoms with van der Waals surface area (Å²) in [6, 6.07) is 2.54. The van der Waals surface area contributed by atoms with Crippen molar-refractivity contribution in [2.75, 3.05) is 37.3 Å². The highest BCUT2D eigenvalue weighted by atomic mass is 15.3. The minimum Gasteiger partial charge on any atom is -0.368 e. The highest BCUT2D eigenvalue weighted by molar-refractivity contribution is 5.43. The number of piperazine rings is 1. The number of aromatic nitrogens is 2. The molecule has 0 bridgehead atoms. The summed E-state index contributed by atoms with van der Waals surface area (Å²) in [5.41, 5.74) is 6.59. The van der Waals surface area contributed by atoms with E-state index in [0.29, 0.717) is 12.0 Å². The van der Waals surface area contributed by atoms with Crippen molar-refractivity contribution < 1.29 is 0 Å². The van der Waals surface area contributed by atoms with Crippen molar-refractivity contribution in [1.29, 1.82) is 0 Å².